The molecule has 24 heavy (non-hydrogen) atoms. The summed E-state index contributed by atoms with van der Waals surface area (Å²) in [4.78, 5) is 0.279. The summed E-state index contributed by atoms with van der Waals surface area (Å²) >= 11 is 0. The Morgan fingerprint density at radius 1 is 0.958 bits per heavy atom. The molecule has 2 aromatic rings. The van der Waals surface area contributed by atoms with Crippen LogP contribution >= 0.6 is 0 Å². The standard InChI is InChI=1S/C18H23NO4S/c1-13-12-18(14(2)11-17(13)23-4)24(20,21)19-10-9-15-7-5-6-8-16(15)22-3/h5-8,11-12,19H,9-10H2,1-4H3. The number of aryl methyl sites for hydroxylation is 2. The normalized spacial score (nSPS) is 11.3. The highest BCUT2D eigenvalue weighted by Crippen LogP contribution is 2.25. The number of benzene rings is 2. The van der Waals surface area contributed by atoms with Crippen LogP contribution < -0.4 is 14.2 Å². The minimum atomic E-state index is -3.57. The lowest BCUT2D eigenvalue weighted by molar-refractivity contribution is 0.409. The monoisotopic (exact) mass is 349 g/mol. The molecule has 2 aromatic carbocycles. The zero-order chi connectivity index (χ0) is 17.7. The van der Waals surface area contributed by atoms with Crippen molar-refractivity contribution in [2.45, 2.75) is 25.2 Å². The third-order valence-electron chi connectivity index (χ3n) is 3.86. The van der Waals surface area contributed by atoms with E-state index in [1.54, 1.807) is 33.3 Å². The van der Waals surface area contributed by atoms with E-state index in [4.69, 9.17) is 9.47 Å². The minimum Gasteiger partial charge on any atom is -0.496 e. The van der Waals surface area contributed by atoms with Crippen molar-refractivity contribution in [3.05, 3.63) is 53.1 Å². The summed E-state index contributed by atoms with van der Waals surface area (Å²) in [6.45, 7) is 3.89. The molecule has 0 aliphatic carbocycles. The van der Waals surface area contributed by atoms with Gasteiger partial charge < -0.3 is 9.47 Å². The van der Waals surface area contributed by atoms with Crippen molar-refractivity contribution in [3.63, 3.8) is 0 Å². The third-order valence-corrected chi connectivity index (χ3v) is 5.46. The van der Waals surface area contributed by atoms with Gasteiger partial charge in [0, 0.05) is 6.54 Å². The summed E-state index contributed by atoms with van der Waals surface area (Å²) in [6, 6.07) is 11.0. The number of hydrogen-bond acceptors (Lipinski definition) is 4. The van der Waals surface area contributed by atoms with Gasteiger partial charge in [0.2, 0.25) is 10.0 Å². The number of methoxy groups -OCH3 is 2. The van der Waals surface area contributed by atoms with Crippen LogP contribution in [0.5, 0.6) is 11.5 Å². The summed E-state index contributed by atoms with van der Waals surface area (Å²) in [5, 5.41) is 0. The van der Waals surface area contributed by atoms with E-state index in [1.165, 1.54) is 0 Å². The molecular weight excluding hydrogens is 326 g/mol. The Labute approximate surface area is 143 Å². The topological polar surface area (TPSA) is 64.6 Å². The first-order valence-electron chi connectivity index (χ1n) is 7.66. The van der Waals surface area contributed by atoms with Gasteiger partial charge in [0.05, 0.1) is 19.1 Å². The molecule has 0 aliphatic heterocycles. The molecule has 0 spiro atoms. The van der Waals surface area contributed by atoms with Gasteiger partial charge in [-0.25, -0.2) is 13.1 Å². The molecule has 0 saturated heterocycles. The molecule has 0 bridgehead atoms. The van der Waals surface area contributed by atoms with Crippen LogP contribution in [0.15, 0.2) is 41.3 Å². The third kappa shape index (κ3) is 4.07. The van der Waals surface area contributed by atoms with Crippen molar-refractivity contribution in [2.24, 2.45) is 0 Å². The zero-order valence-corrected chi connectivity index (χ0v) is 15.2. The Morgan fingerprint density at radius 2 is 1.62 bits per heavy atom. The predicted molar refractivity (Wildman–Crippen MR) is 94.4 cm³/mol. The molecular formula is C18H23NO4S. The van der Waals surface area contributed by atoms with Crippen molar-refractivity contribution in [2.75, 3.05) is 20.8 Å². The maximum atomic E-state index is 12.6. The zero-order valence-electron chi connectivity index (χ0n) is 14.4. The molecule has 0 amide bonds. The smallest absolute Gasteiger partial charge is 0.240 e. The number of nitrogens with one attached hydrogen (secondary N) is 1. The van der Waals surface area contributed by atoms with Crippen LogP contribution in [-0.4, -0.2) is 29.2 Å². The average Bonchev–Trinajstić information content (AvgIpc) is 2.56. The molecule has 0 unspecified atom stereocenters. The van der Waals surface area contributed by atoms with Gasteiger partial charge in [0.1, 0.15) is 11.5 Å². The number of hydrogen-bond donors (Lipinski definition) is 1. The summed E-state index contributed by atoms with van der Waals surface area (Å²) in [7, 11) is -0.400. The molecule has 0 aromatic heterocycles. The molecule has 0 fully saturated rings. The van der Waals surface area contributed by atoms with Gasteiger partial charge in [-0.05, 0) is 55.2 Å². The van der Waals surface area contributed by atoms with E-state index in [-0.39, 0.29) is 4.90 Å². The molecule has 0 atom stereocenters. The first-order chi connectivity index (χ1) is 11.4. The summed E-state index contributed by atoms with van der Waals surface area (Å²) in [6.07, 6.45) is 0.553. The van der Waals surface area contributed by atoms with E-state index in [1.807, 2.05) is 31.2 Å². The first kappa shape index (κ1) is 18.3. The summed E-state index contributed by atoms with van der Waals surface area (Å²) in [5.41, 5.74) is 2.40. The van der Waals surface area contributed by atoms with Gasteiger partial charge in [-0.2, -0.15) is 0 Å². The summed E-state index contributed by atoms with van der Waals surface area (Å²) < 4.78 is 38.3. The van der Waals surface area contributed by atoms with Gasteiger partial charge >= 0.3 is 0 Å². The minimum absolute atomic E-state index is 0.279. The lowest BCUT2D eigenvalue weighted by Gasteiger charge is -2.13. The van der Waals surface area contributed by atoms with Crippen molar-refractivity contribution in [1.82, 2.24) is 4.72 Å². The Balaban J connectivity index is 2.13. The van der Waals surface area contributed by atoms with Crippen molar-refractivity contribution >= 4 is 10.0 Å². The number of para-hydroxylation sites is 1. The molecule has 5 nitrogen and oxygen atoms in total. The summed E-state index contributed by atoms with van der Waals surface area (Å²) in [5.74, 6) is 1.44. The molecule has 0 saturated carbocycles. The van der Waals surface area contributed by atoms with Crippen molar-refractivity contribution in [1.29, 1.82) is 0 Å². The van der Waals surface area contributed by atoms with E-state index >= 15 is 0 Å². The highest BCUT2D eigenvalue weighted by atomic mass is 32.2. The van der Waals surface area contributed by atoms with Crippen LogP contribution in [-0.2, 0) is 16.4 Å². The largest absolute Gasteiger partial charge is 0.496 e. The first-order valence-corrected chi connectivity index (χ1v) is 9.14. The van der Waals surface area contributed by atoms with E-state index in [2.05, 4.69) is 4.72 Å². The lowest BCUT2D eigenvalue weighted by Crippen LogP contribution is -2.26. The van der Waals surface area contributed by atoms with E-state index in [9.17, 15) is 8.42 Å². The van der Waals surface area contributed by atoms with Crippen molar-refractivity contribution in [3.8, 4) is 11.5 Å². The van der Waals surface area contributed by atoms with Crippen LogP contribution in [0.2, 0.25) is 0 Å². The maximum absolute atomic E-state index is 12.6. The van der Waals surface area contributed by atoms with Crippen LogP contribution in [0.4, 0.5) is 0 Å². The van der Waals surface area contributed by atoms with Gasteiger partial charge in [-0.1, -0.05) is 18.2 Å². The fourth-order valence-corrected chi connectivity index (χ4v) is 3.92. The quantitative estimate of drug-likeness (QED) is 0.835. The van der Waals surface area contributed by atoms with E-state index < -0.39 is 10.0 Å². The maximum Gasteiger partial charge on any atom is 0.240 e. The highest BCUT2D eigenvalue weighted by Gasteiger charge is 2.18. The second-order valence-electron chi connectivity index (χ2n) is 5.55. The van der Waals surface area contributed by atoms with Crippen LogP contribution in [0.25, 0.3) is 0 Å². The van der Waals surface area contributed by atoms with Gasteiger partial charge in [0.25, 0.3) is 0 Å². The van der Waals surface area contributed by atoms with Crippen LogP contribution in [0.3, 0.4) is 0 Å². The van der Waals surface area contributed by atoms with Gasteiger partial charge in [0.15, 0.2) is 0 Å². The number of ether oxygens (including phenoxy) is 2. The second kappa shape index (κ2) is 7.68. The highest BCUT2D eigenvalue weighted by molar-refractivity contribution is 7.89. The lowest BCUT2D eigenvalue weighted by atomic mass is 10.1. The molecule has 2 rings (SSSR count). The fourth-order valence-electron chi connectivity index (χ4n) is 2.58. The Bertz CT molecular complexity index is 816. The van der Waals surface area contributed by atoms with Crippen molar-refractivity contribution < 1.29 is 17.9 Å². The molecule has 6 heteroatoms. The SMILES string of the molecule is COc1cc(C)c(S(=O)(=O)NCCc2ccccc2OC)cc1C. The fraction of sp³-hybridized carbons (Fsp3) is 0.333. The molecule has 0 radical (unpaired) electrons. The number of rotatable bonds is 7. The van der Waals surface area contributed by atoms with E-state index in [0.717, 1.165) is 16.9 Å². The molecule has 130 valence electrons. The number of sulfonamides is 1. The molecule has 1 N–H and O–H groups in total. The Kier molecular flexibility index (Phi) is 5.85. The predicted octanol–water partition coefficient (Wildman–Crippen LogP) is 2.84. The van der Waals surface area contributed by atoms with Gasteiger partial charge in [-0.3, -0.25) is 0 Å². The van der Waals surface area contributed by atoms with Crippen LogP contribution in [0.1, 0.15) is 16.7 Å². The second-order valence-corrected chi connectivity index (χ2v) is 7.28. The van der Waals surface area contributed by atoms with E-state index in [0.29, 0.717) is 24.3 Å². The molecule has 0 heterocycles. The molecule has 0 aliphatic rings. The average molecular weight is 349 g/mol. The Morgan fingerprint density at radius 3 is 2.29 bits per heavy atom. The van der Waals surface area contributed by atoms with Gasteiger partial charge in [-0.15, -0.1) is 0 Å². The van der Waals surface area contributed by atoms with Crippen LogP contribution in [0, 0.1) is 13.8 Å². The Hall–Kier alpha value is -2.05.